The van der Waals surface area contributed by atoms with E-state index in [-0.39, 0.29) is 35.2 Å². The maximum Gasteiger partial charge on any atom is 0.417 e. The largest absolute Gasteiger partial charge is 0.493 e. The molecule has 0 aliphatic carbocycles. The molecule has 4 rings (SSSR count). The van der Waals surface area contributed by atoms with Crippen molar-refractivity contribution in [2.75, 3.05) is 26.8 Å². The number of aryl methyl sites for hydroxylation is 1. The van der Waals surface area contributed by atoms with E-state index in [9.17, 15) is 18.0 Å². The van der Waals surface area contributed by atoms with E-state index >= 15 is 0 Å². The van der Waals surface area contributed by atoms with Crippen LogP contribution in [0.1, 0.15) is 35.7 Å². The minimum atomic E-state index is -4.54. The van der Waals surface area contributed by atoms with Crippen LogP contribution >= 0.6 is 0 Å². The molecule has 7 nitrogen and oxygen atoms in total. The van der Waals surface area contributed by atoms with Crippen molar-refractivity contribution in [3.8, 4) is 11.5 Å². The third-order valence-electron chi connectivity index (χ3n) is 5.63. The highest BCUT2D eigenvalue weighted by Crippen LogP contribution is 2.38. The van der Waals surface area contributed by atoms with Crippen molar-refractivity contribution in [1.82, 2.24) is 15.0 Å². The highest BCUT2D eigenvalue weighted by Gasteiger charge is 2.37. The number of para-hydroxylation sites is 2. The minimum absolute atomic E-state index is 0.109. The van der Waals surface area contributed by atoms with Crippen LogP contribution < -0.4 is 9.47 Å². The number of amides is 1. The number of hydrogen-bond donors (Lipinski definition) is 0. The number of fused-ring (bicyclic) bond motifs is 1. The summed E-state index contributed by atoms with van der Waals surface area (Å²) in [5.74, 6) is 0.589. The molecule has 1 saturated heterocycles. The van der Waals surface area contributed by atoms with E-state index in [1.54, 1.807) is 29.2 Å². The maximum atomic E-state index is 13.6. The molecule has 1 aliphatic rings. The van der Waals surface area contributed by atoms with E-state index in [1.807, 2.05) is 0 Å². The molecule has 0 spiro atoms. The fourth-order valence-electron chi connectivity index (χ4n) is 3.94. The second-order valence-electron chi connectivity index (χ2n) is 7.64. The number of carbonyl (C=O) groups is 1. The van der Waals surface area contributed by atoms with Crippen molar-refractivity contribution in [2.45, 2.75) is 31.9 Å². The average Bonchev–Trinajstić information content (AvgIpc) is 3.17. The molecular formula is C22H22F3N3O4. The van der Waals surface area contributed by atoms with Gasteiger partial charge in [0.1, 0.15) is 0 Å². The first-order valence-corrected chi connectivity index (χ1v) is 10.2. The Labute approximate surface area is 182 Å². The van der Waals surface area contributed by atoms with E-state index < -0.39 is 11.7 Å². The molecular weight excluding hydrogens is 427 g/mol. The fourth-order valence-corrected chi connectivity index (χ4v) is 3.94. The van der Waals surface area contributed by atoms with Crippen LogP contribution in [0.3, 0.4) is 0 Å². The number of pyridine rings is 1. The molecule has 0 atom stereocenters. The molecule has 170 valence electrons. The normalized spacial score (nSPS) is 15.2. The predicted molar refractivity (Wildman–Crippen MR) is 109 cm³/mol. The molecule has 0 saturated carbocycles. The zero-order valence-corrected chi connectivity index (χ0v) is 17.6. The van der Waals surface area contributed by atoms with Crippen LogP contribution in [0.25, 0.3) is 11.1 Å². The quantitative estimate of drug-likeness (QED) is 0.577. The molecule has 0 unspecified atom stereocenters. The van der Waals surface area contributed by atoms with Gasteiger partial charge in [-0.1, -0.05) is 17.3 Å². The topological polar surface area (TPSA) is 77.7 Å². The Morgan fingerprint density at radius 3 is 2.56 bits per heavy atom. The Kier molecular flexibility index (Phi) is 5.94. The number of carbonyl (C=O) groups excluding carboxylic acids is 1. The van der Waals surface area contributed by atoms with Gasteiger partial charge in [-0.3, -0.25) is 4.79 Å². The van der Waals surface area contributed by atoms with Gasteiger partial charge in [0.2, 0.25) is 0 Å². The zero-order valence-electron chi connectivity index (χ0n) is 17.6. The van der Waals surface area contributed by atoms with Gasteiger partial charge in [0.15, 0.2) is 18.1 Å². The lowest BCUT2D eigenvalue weighted by Gasteiger charge is -2.32. The number of alkyl halides is 3. The van der Waals surface area contributed by atoms with Crippen molar-refractivity contribution >= 4 is 17.0 Å². The number of hydrogen-bond acceptors (Lipinski definition) is 6. The number of likely N-dealkylation sites (tertiary alicyclic amines) is 1. The molecule has 3 heterocycles. The molecule has 32 heavy (non-hydrogen) atoms. The number of rotatable bonds is 5. The third-order valence-corrected chi connectivity index (χ3v) is 5.63. The molecule has 1 aromatic carbocycles. The monoisotopic (exact) mass is 449 g/mol. The second-order valence-corrected chi connectivity index (χ2v) is 7.64. The van der Waals surface area contributed by atoms with Crippen LogP contribution in [0.5, 0.6) is 11.5 Å². The standard InChI is InChI=1S/C22H22F3N3O4/c1-13-20-15(22(23,24)25)11-16(26-21(20)32-27-13)14-7-9-28(10-8-14)19(29)12-31-18-6-4-3-5-17(18)30-2/h3-6,11,14H,7-10,12H2,1-2H3. The SMILES string of the molecule is COc1ccccc1OCC(=O)N1CCC(c2cc(C(F)(F)F)c3c(C)noc3n2)CC1. The Balaban J connectivity index is 1.42. The van der Waals surface area contributed by atoms with Crippen LogP contribution in [-0.2, 0) is 11.0 Å². The van der Waals surface area contributed by atoms with Crippen molar-refractivity contribution in [1.29, 1.82) is 0 Å². The first-order valence-electron chi connectivity index (χ1n) is 10.2. The summed E-state index contributed by atoms with van der Waals surface area (Å²) in [6, 6.07) is 8.11. The molecule has 1 aliphatic heterocycles. The highest BCUT2D eigenvalue weighted by atomic mass is 19.4. The fraction of sp³-hybridized carbons (Fsp3) is 0.409. The number of benzene rings is 1. The molecule has 0 N–H and O–H groups in total. The van der Waals surface area contributed by atoms with Gasteiger partial charge in [-0.25, -0.2) is 4.98 Å². The van der Waals surface area contributed by atoms with Crippen molar-refractivity contribution in [3.63, 3.8) is 0 Å². The number of nitrogens with zero attached hydrogens (tertiary/aromatic N) is 3. The van der Waals surface area contributed by atoms with Crippen LogP contribution in [0, 0.1) is 6.92 Å². The van der Waals surface area contributed by atoms with Gasteiger partial charge in [-0.15, -0.1) is 0 Å². The summed E-state index contributed by atoms with van der Waals surface area (Å²) in [6.07, 6.45) is -3.56. The van der Waals surface area contributed by atoms with E-state index in [4.69, 9.17) is 14.0 Å². The van der Waals surface area contributed by atoms with E-state index in [1.165, 1.54) is 14.0 Å². The Morgan fingerprint density at radius 1 is 1.22 bits per heavy atom. The lowest BCUT2D eigenvalue weighted by Crippen LogP contribution is -2.40. The van der Waals surface area contributed by atoms with Gasteiger partial charge in [-0.2, -0.15) is 13.2 Å². The minimum Gasteiger partial charge on any atom is -0.493 e. The van der Waals surface area contributed by atoms with E-state index in [0.717, 1.165) is 6.07 Å². The van der Waals surface area contributed by atoms with Gasteiger partial charge >= 0.3 is 6.18 Å². The summed E-state index contributed by atoms with van der Waals surface area (Å²) in [4.78, 5) is 18.5. The summed E-state index contributed by atoms with van der Waals surface area (Å²) in [6.45, 7) is 2.11. The van der Waals surface area contributed by atoms with Gasteiger partial charge in [0.05, 0.1) is 23.8 Å². The number of piperidine rings is 1. The van der Waals surface area contributed by atoms with Gasteiger partial charge < -0.3 is 18.9 Å². The van der Waals surface area contributed by atoms with Crippen molar-refractivity contribution < 1.29 is 32.0 Å². The second kappa shape index (κ2) is 8.68. The van der Waals surface area contributed by atoms with Crippen LogP contribution in [0.15, 0.2) is 34.9 Å². The molecule has 0 bridgehead atoms. The molecule has 2 aromatic heterocycles. The molecule has 1 fully saturated rings. The first-order chi connectivity index (χ1) is 15.3. The highest BCUT2D eigenvalue weighted by molar-refractivity contribution is 5.81. The lowest BCUT2D eigenvalue weighted by molar-refractivity contribution is -0.136. The zero-order chi connectivity index (χ0) is 22.9. The summed E-state index contributed by atoms with van der Waals surface area (Å²) in [5.41, 5.74) is -0.448. The van der Waals surface area contributed by atoms with Gasteiger partial charge in [0, 0.05) is 24.7 Å². The lowest BCUT2D eigenvalue weighted by atomic mass is 9.91. The summed E-state index contributed by atoms with van der Waals surface area (Å²) >= 11 is 0. The van der Waals surface area contributed by atoms with E-state index in [0.29, 0.717) is 43.1 Å². The molecule has 10 heteroatoms. The summed E-state index contributed by atoms with van der Waals surface area (Å²) < 4.78 is 56.6. The number of methoxy groups -OCH3 is 1. The molecule has 1 amide bonds. The average molecular weight is 449 g/mol. The summed E-state index contributed by atoms with van der Waals surface area (Å²) in [5, 5.41) is 3.53. The first kappa shape index (κ1) is 21.9. The number of aromatic nitrogens is 2. The van der Waals surface area contributed by atoms with Gasteiger partial charge in [0.25, 0.3) is 11.6 Å². The molecule has 0 radical (unpaired) electrons. The smallest absolute Gasteiger partial charge is 0.417 e. The molecule has 3 aromatic rings. The number of ether oxygens (including phenoxy) is 2. The van der Waals surface area contributed by atoms with Crippen molar-refractivity contribution in [3.05, 3.63) is 47.3 Å². The van der Waals surface area contributed by atoms with Crippen LogP contribution in [-0.4, -0.2) is 47.8 Å². The summed E-state index contributed by atoms with van der Waals surface area (Å²) in [7, 11) is 1.52. The Morgan fingerprint density at radius 2 is 1.91 bits per heavy atom. The van der Waals surface area contributed by atoms with Crippen molar-refractivity contribution in [2.24, 2.45) is 0 Å². The van der Waals surface area contributed by atoms with Crippen LogP contribution in [0.2, 0.25) is 0 Å². The predicted octanol–water partition coefficient (Wildman–Crippen LogP) is 4.34. The Bertz CT molecular complexity index is 1120. The third kappa shape index (κ3) is 4.35. The van der Waals surface area contributed by atoms with Crippen LogP contribution in [0.4, 0.5) is 13.2 Å². The maximum absolute atomic E-state index is 13.6. The van der Waals surface area contributed by atoms with Gasteiger partial charge in [-0.05, 0) is 38.0 Å². The van der Waals surface area contributed by atoms with E-state index in [2.05, 4.69) is 10.1 Å². The number of halogens is 3. The Hall–Kier alpha value is -3.30.